The molecule has 0 fully saturated rings. The van der Waals surface area contributed by atoms with Crippen LogP contribution in [0, 0.1) is 11.3 Å². The van der Waals surface area contributed by atoms with Gasteiger partial charge < -0.3 is 0 Å². The molecule has 0 aromatic carbocycles. The van der Waals surface area contributed by atoms with Crippen molar-refractivity contribution in [2.75, 3.05) is 0 Å². The Hall–Kier alpha value is -0.0800. The van der Waals surface area contributed by atoms with Crippen LogP contribution in [0.15, 0.2) is 0 Å². The Kier molecular flexibility index (Phi) is 2.61. The lowest BCUT2D eigenvalue weighted by Gasteiger charge is -2.33. The first-order valence-electron chi connectivity index (χ1n) is 5.11. The Morgan fingerprint density at radius 1 is 1.43 bits per heavy atom. The molecule has 0 amide bonds. The van der Waals surface area contributed by atoms with Crippen LogP contribution in [0.1, 0.15) is 37.8 Å². The maximum absolute atomic E-state index is 5.92. The van der Waals surface area contributed by atoms with Gasteiger partial charge in [0.25, 0.3) is 0 Å². The summed E-state index contributed by atoms with van der Waals surface area (Å²) in [6, 6.07) is 0. The number of aromatic nitrogens is 1. The second-order valence-electron chi connectivity index (χ2n) is 5.14. The van der Waals surface area contributed by atoms with Crippen molar-refractivity contribution in [2.24, 2.45) is 11.3 Å². The molecule has 14 heavy (non-hydrogen) atoms. The molecule has 0 bridgehead atoms. The maximum atomic E-state index is 5.92. The number of halogens is 1. The summed E-state index contributed by atoms with van der Waals surface area (Å²) in [5.41, 5.74) is 1.66. The third-order valence-corrected chi connectivity index (χ3v) is 4.36. The number of hydrogen-bond acceptors (Lipinski definition) is 2. The fourth-order valence-electron chi connectivity index (χ4n) is 2.08. The van der Waals surface area contributed by atoms with Gasteiger partial charge in [0.05, 0.1) is 5.69 Å². The third-order valence-electron chi connectivity index (χ3n) is 3.14. The minimum atomic E-state index is 0.411. The van der Waals surface area contributed by atoms with Crippen molar-refractivity contribution in [3.05, 3.63) is 15.0 Å². The molecule has 1 aliphatic carbocycles. The van der Waals surface area contributed by atoms with E-state index >= 15 is 0 Å². The Bertz CT molecular complexity index is 338. The van der Waals surface area contributed by atoms with E-state index in [4.69, 9.17) is 11.6 Å². The molecule has 1 unspecified atom stereocenters. The molecule has 0 saturated carbocycles. The summed E-state index contributed by atoms with van der Waals surface area (Å²) in [7, 11) is 0. The molecule has 0 radical (unpaired) electrons. The van der Waals surface area contributed by atoms with E-state index in [9.17, 15) is 0 Å². The van der Waals surface area contributed by atoms with Crippen LogP contribution in [0.3, 0.4) is 0 Å². The summed E-state index contributed by atoms with van der Waals surface area (Å²) in [5.74, 6) is 0.784. The predicted molar refractivity (Wildman–Crippen MR) is 62.1 cm³/mol. The molecule has 1 aromatic rings. The van der Waals surface area contributed by atoms with Crippen molar-refractivity contribution in [3.8, 4) is 0 Å². The maximum Gasteiger partial charge on any atom is 0.184 e. The average Bonchev–Trinajstić information content (AvgIpc) is 2.41. The minimum Gasteiger partial charge on any atom is -0.230 e. The topological polar surface area (TPSA) is 12.9 Å². The van der Waals surface area contributed by atoms with Gasteiger partial charge in [-0.3, -0.25) is 0 Å². The first kappa shape index (κ1) is 10.4. The molecule has 0 spiro atoms. The van der Waals surface area contributed by atoms with Gasteiger partial charge in [-0.25, -0.2) is 4.98 Å². The van der Waals surface area contributed by atoms with Gasteiger partial charge in [0.1, 0.15) is 0 Å². The van der Waals surface area contributed by atoms with E-state index in [0.29, 0.717) is 9.88 Å². The number of thiazole rings is 1. The Balaban J connectivity index is 2.21. The highest BCUT2D eigenvalue weighted by atomic mass is 35.5. The first-order valence-corrected chi connectivity index (χ1v) is 6.30. The van der Waals surface area contributed by atoms with Crippen LogP contribution < -0.4 is 0 Å². The summed E-state index contributed by atoms with van der Waals surface area (Å²) < 4.78 is 0.713. The average molecular weight is 230 g/mol. The van der Waals surface area contributed by atoms with Crippen molar-refractivity contribution in [2.45, 2.75) is 40.0 Å². The highest BCUT2D eigenvalue weighted by Crippen LogP contribution is 2.39. The van der Waals surface area contributed by atoms with Gasteiger partial charge in [-0.1, -0.05) is 32.4 Å². The predicted octanol–water partition coefficient (Wildman–Crippen LogP) is 3.95. The standard InChI is InChI=1S/C11H16ClNS/c1-11(2,3)7-4-5-8-9(6-7)14-10(12)13-8/h7H,4-6H2,1-3H3. The molecule has 1 atom stereocenters. The lowest BCUT2D eigenvalue weighted by Crippen LogP contribution is -2.26. The van der Waals surface area contributed by atoms with E-state index in [-0.39, 0.29) is 0 Å². The van der Waals surface area contributed by atoms with Crippen LogP contribution in [0.5, 0.6) is 0 Å². The SMILES string of the molecule is CC(C)(C)C1CCc2nc(Cl)sc2C1. The van der Waals surface area contributed by atoms with Crippen LogP contribution in [-0.4, -0.2) is 4.98 Å². The molecular formula is C11H16ClNS. The second kappa shape index (κ2) is 3.49. The molecular weight excluding hydrogens is 214 g/mol. The Morgan fingerprint density at radius 2 is 2.14 bits per heavy atom. The van der Waals surface area contributed by atoms with Crippen LogP contribution in [-0.2, 0) is 12.8 Å². The summed E-state index contributed by atoms with van der Waals surface area (Å²) in [4.78, 5) is 5.77. The Morgan fingerprint density at radius 3 is 2.79 bits per heavy atom. The van der Waals surface area contributed by atoms with E-state index in [1.165, 1.54) is 23.4 Å². The second-order valence-corrected chi connectivity index (χ2v) is 6.81. The van der Waals surface area contributed by atoms with Gasteiger partial charge in [0, 0.05) is 4.88 Å². The molecule has 1 nitrogen and oxygen atoms in total. The fourth-order valence-corrected chi connectivity index (χ4v) is 3.37. The van der Waals surface area contributed by atoms with E-state index in [2.05, 4.69) is 25.8 Å². The van der Waals surface area contributed by atoms with Crippen molar-refractivity contribution >= 4 is 22.9 Å². The van der Waals surface area contributed by atoms with Crippen molar-refractivity contribution in [1.82, 2.24) is 4.98 Å². The van der Waals surface area contributed by atoms with E-state index in [1.807, 2.05) is 0 Å². The summed E-state index contributed by atoms with van der Waals surface area (Å²) in [6.45, 7) is 6.97. The number of fused-ring (bicyclic) bond motifs is 1. The van der Waals surface area contributed by atoms with Crippen molar-refractivity contribution in [1.29, 1.82) is 0 Å². The van der Waals surface area contributed by atoms with Crippen LogP contribution in [0.4, 0.5) is 0 Å². The molecule has 1 aliphatic rings. The molecule has 2 rings (SSSR count). The molecule has 3 heteroatoms. The molecule has 0 aliphatic heterocycles. The number of rotatable bonds is 0. The normalized spacial score (nSPS) is 22.1. The zero-order chi connectivity index (χ0) is 10.3. The molecule has 1 aromatic heterocycles. The monoisotopic (exact) mass is 229 g/mol. The quantitative estimate of drug-likeness (QED) is 0.657. The van der Waals surface area contributed by atoms with E-state index < -0.39 is 0 Å². The highest BCUT2D eigenvalue weighted by Gasteiger charge is 2.30. The highest BCUT2D eigenvalue weighted by molar-refractivity contribution is 7.15. The zero-order valence-electron chi connectivity index (χ0n) is 8.93. The summed E-state index contributed by atoms with van der Waals surface area (Å²) in [6.07, 6.45) is 3.54. The van der Waals surface area contributed by atoms with Gasteiger partial charge in [-0.05, 0) is 30.6 Å². The Labute approximate surface area is 94.5 Å². The van der Waals surface area contributed by atoms with Gasteiger partial charge in [0.2, 0.25) is 0 Å². The minimum absolute atomic E-state index is 0.411. The molecule has 78 valence electrons. The van der Waals surface area contributed by atoms with Crippen LogP contribution in [0.25, 0.3) is 0 Å². The van der Waals surface area contributed by atoms with E-state index in [0.717, 1.165) is 12.3 Å². The third kappa shape index (κ3) is 1.96. The fraction of sp³-hybridized carbons (Fsp3) is 0.727. The van der Waals surface area contributed by atoms with Gasteiger partial charge >= 0.3 is 0 Å². The van der Waals surface area contributed by atoms with Crippen LogP contribution >= 0.6 is 22.9 Å². The zero-order valence-corrected chi connectivity index (χ0v) is 10.5. The van der Waals surface area contributed by atoms with Gasteiger partial charge in [-0.2, -0.15) is 0 Å². The lowest BCUT2D eigenvalue weighted by molar-refractivity contribution is 0.217. The van der Waals surface area contributed by atoms with Gasteiger partial charge in [-0.15, -0.1) is 11.3 Å². The number of hydrogen-bond donors (Lipinski definition) is 0. The van der Waals surface area contributed by atoms with Crippen LogP contribution in [0.2, 0.25) is 4.47 Å². The number of aryl methyl sites for hydroxylation is 1. The molecule has 0 N–H and O–H groups in total. The van der Waals surface area contributed by atoms with Crippen molar-refractivity contribution in [3.63, 3.8) is 0 Å². The summed E-state index contributed by atoms with van der Waals surface area (Å²) in [5, 5.41) is 0. The smallest absolute Gasteiger partial charge is 0.184 e. The largest absolute Gasteiger partial charge is 0.230 e. The lowest BCUT2D eigenvalue weighted by atomic mass is 9.73. The first-order chi connectivity index (χ1) is 6.47. The van der Waals surface area contributed by atoms with Crippen molar-refractivity contribution < 1.29 is 0 Å². The number of nitrogens with zero attached hydrogens (tertiary/aromatic N) is 1. The molecule has 1 heterocycles. The van der Waals surface area contributed by atoms with Gasteiger partial charge in [0.15, 0.2) is 4.47 Å². The summed E-state index contributed by atoms with van der Waals surface area (Å²) >= 11 is 7.58. The van der Waals surface area contributed by atoms with E-state index in [1.54, 1.807) is 11.3 Å². The molecule has 0 saturated heterocycles.